The van der Waals surface area contributed by atoms with Crippen molar-refractivity contribution in [3.8, 4) is 0 Å². The van der Waals surface area contributed by atoms with Gasteiger partial charge in [0.25, 0.3) is 0 Å². The summed E-state index contributed by atoms with van der Waals surface area (Å²) in [4.78, 5) is 20.5. The molecule has 2 aromatic rings. The Morgan fingerprint density at radius 2 is 2.06 bits per heavy atom. The smallest absolute Gasteiger partial charge is 0.187 e. The van der Waals surface area contributed by atoms with Gasteiger partial charge in [0.05, 0.1) is 6.42 Å². The summed E-state index contributed by atoms with van der Waals surface area (Å²) in [5.41, 5.74) is 3.34. The number of rotatable bonds is 4. The lowest BCUT2D eigenvalue weighted by Crippen LogP contribution is -2.07. The van der Waals surface area contributed by atoms with Crippen LogP contribution in [0.5, 0.6) is 0 Å². The number of Topliss-reactive ketones (excluding diaryl/α,β-unsaturated/α-hetero) is 1. The SMILES string of the molecule is CCc1ccc(CC(=O)c2cccc(C)n2)nc1. The topological polar surface area (TPSA) is 42.9 Å². The molecule has 92 valence electrons. The number of ketones is 1. The van der Waals surface area contributed by atoms with Gasteiger partial charge in [-0.25, -0.2) is 0 Å². The van der Waals surface area contributed by atoms with Crippen LogP contribution in [-0.2, 0) is 12.8 Å². The highest BCUT2D eigenvalue weighted by Crippen LogP contribution is 2.06. The molecule has 0 saturated heterocycles. The Morgan fingerprint density at radius 3 is 2.67 bits per heavy atom. The fourth-order valence-corrected chi connectivity index (χ4v) is 1.72. The highest BCUT2D eigenvalue weighted by molar-refractivity contribution is 5.95. The second-order valence-corrected chi connectivity index (χ2v) is 4.28. The first-order valence-electron chi connectivity index (χ1n) is 6.09. The molecular weight excluding hydrogens is 224 g/mol. The predicted molar refractivity (Wildman–Crippen MR) is 70.6 cm³/mol. The standard InChI is InChI=1S/C15H16N2O/c1-3-12-7-8-13(16-10-12)9-15(18)14-6-4-5-11(2)17-14/h4-8,10H,3,9H2,1-2H3. The van der Waals surface area contributed by atoms with Crippen LogP contribution in [0.3, 0.4) is 0 Å². The van der Waals surface area contributed by atoms with Crippen molar-refractivity contribution in [1.82, 2.24) is 9.97 Å². The summed E-state index contributed by atoms with van der Waals surface area (Å²) < 4.78 is 0. The maximum atomic E-state index is 12.0. The molecule has 0 saturated carbocycles. The zero-order valence-electron chi connectivity index (χ0n) is 10.7. The zero-order chi connectivity index (χ0) is 13.0. The predicted octanol–water partition coefficient (Wildman–Crippen LogP) is 2.77. The molecule has 0 amide bonds. The minimum atomic E-state index is 0.00967. The minimum absolute atomic E-state index is 0.00967. The van der Waals surface area contributed by atoms with Gasteiger partial charge in [-0.1, -0.05) is 19.1 Å². The summed E-state index contributed by atoms with van der Waals surface area (Å²) in [6, 6.07) is 9.40. The molecule has 0 N–H and O–H groups in total. The lowest BCUT2D eigenvalue weighted by Gasteiger charge is -2.02. The van der Waals surface area contributed by atoms with Crippen molar-refractivity contribution in [1.29, 1.82) is 0 Å². The molecule has 0 aliphatic heterocycles. The Labute approximate surface area is 107 Å². The van der Waals surface area contributed by atoms with E-state index in [0.717, 1.165) is 17.8 Å². The van der Waals surface area contributed by atoms with Crippen LogP contribution in [0.4, 0.5) is 0 Å². The number of nitrogens with zero attached hydrogens (tertiary/aromatic N) is 2. The Kier molecular flexibility index (Phi) is 3.82. The quantitative estimate of drug-likeness (QED) is 0.772. The summed E-state index contributed by atoms with van der Waals surface area (Å²) in [5.74, 6) is 0.00967. The van der Waals surface area contributed by atoms with Crippen molar-refractivity contribution in [2.24, 2.45) is 0 Å². The summed E-state index contributed by atoms with van der Waals surface area (Å²) in [7, 11) is 0. The first-order chi connectivity index (χ1) is 8.69. The third-order valence-corrected chi connectivity index (χ3v) is 2.81. The maximum Gasteiger partial charge on any atom is 0.187 e. The Hall–Kier alpha value is -2.03. The molecule has 3 heteroatoms. The molecule has 0 spiro atoms. The lowest BCUT2D eigenvalue weighted by atomic mass is 10.1. The number of carbonyl (C=O) groups is 1. The molecule has 2 rings (SSSR count). The Morgan fingerprint density at radius 1 is 1.22 bits per heavy atom. The van der Waals surface area contributed by atoms with Crippen LogP contribution in [0.25, 0.3) is 0 Å². The van der Waals surface area contributed by atoms with Crippen molar-refractivity contribution in [2.45, 2.75) is 26.7 Å². The highest BCUT2D eigenvalue weighted by Gasteiger charge is 2.09. The molecule has 0 aliphatic rings. The van der Waals surface area contributed by atoms with Crippen molar-refractivity contribution >= 4 is 5.78 Å². The van der Waals surface area contributed by atoms with Gasteiger partial charge in [0.15, 0.2) is 5.78 Å². The normalized spacial score (nSPS) is 10.3. The third kappa shape index (κ3) is 3.00. The number of hydrogen-bond acceptors (Lipinski definition) is 3. The van der Waals surface area contributed by atoms with E-state index in [0.29, 0.717) is 12.1 Å². The second kappa shape index (κ2) is 5.54. The van der Waals surface area contributed by atoms with Gasteiger partial charge in [0.2, 0.25) is 0 Å². The minimum Gasteiger partial charge on any atom is -0.292 e. The molecule has 0 atom stereocenters. The molecule has 0 aromatic carbocycles. The van der Waals surface area contributed by atoms with Gasteiger partial charge in [0, 0.05) is 17.6 Å². The van der Waals surface area contributed by atoms with E-state index in [2.05, 4.69) is 16.9 Å². The van der Waals surface area contributed by atoms with Crippen molar-refractivity contribution in [3.05, 3.63) is 59.2 Å². The Balaban J connectivity index is 2.11. The van der Waals surface area contributed by atoms with Crippen LogP contribution in [0.2, 0.25) is 0 Å². The summed E-state index contributed by atoms with van der Waals surface area (Å²) in [5, 5.41) is 0. The number of hydrogen-bond donors (Lipinski definition) is 0. The van der Waals surface area contributed by atoms with Crippen LogP contribution in [0, 0.1) is 6.92 Å². The number of aryl methyl sites for hydroxylation is 2. The van der Waals surface area contributed by atoms with Gasteiger partial charge in [0.1, 0.15) is 5.69 Å². The van der Waals surface area contributed by atoms with Crippen molar-refractivity contribution in [2.75, 3.05) is 0 Å². The average molecular weight is 240 g/mol. The second-order valence-electron chi connectivity index (χ2n) is 4.28. The number of carbonyl (C=O) groups excluding carboxylic acids is 1. The maximum absolute atomic E-state index is 12.0. The number of pyridine rings is 2. The third-order valence-electron chi connectivity index (χ3n) is 2.81. The molecule has 2 aromatic heterocycles. The van der Waals surface area contributed by atoms with Gasteiger partial charge in [-0.3, -0.25) is 14.8 Å². The van der Waals surface area contributed by atoms with Gasteiger partial charge in [-0.2, -0.15) is 0 Å². The van der Waals surface area contributed by atoms with Crippen LogP contribution in [0.15, 0.2) is 36.5 Å². The number of aromatic nitrogens is 2. The van der Waals surface area contributed by atoms with E-state index >= 15 is 0 Å². The van der Waals surface area contributed by atoms with Gasteiger partial charge in [-0.15, -0.1) is 0 Å². The van der Waals surface area contributed by atoms with Crippen LogP contribution in [-0.4, -0.2) is 15.8 Å². The Bertz CT molecular complexity index is 547. The first kappa shape index (κ1) is 12.4. The van der Waals surface area contributed by atoms with Crippen LogP contribution >= 0.6 is 0 Å². The van der Waals surface area contributed by atoms with Crippen LogP contribution < -0.4 is 0 Å². The van der Waals surface area contributed by atoms with Gasteiger partial charge < -0.3 is 0 Å². The van der Waals surface area contributed by atoms with Crippen molar-refractivity contribution in [3.63, 3.8) is 0 Å². The van der Waals surface area contributed by atoms with Crippen LogP contribution in [0.1, 0.15) is 34.4 Å². The average Bonchev–Trinajstić information content (AvgIpc) is 2.39. The molecular formula is C15H16N2O. The van der Waals surface area contributed by atoms with Gasteiger partial charge >= 0.3 is 0 Å². The molecule has 0 fully saturated rings. The molecule has 0 aliphatic carbocycles. The summed E-state index contributed by atoms with van der Waals surface area (Å²) in [6.07, 6.45) is 3.09. The van der Waals surface area contributed by atoms with E-state index < -0.39 is 0 Å². The molecule has 18 heavy (non-hydrogen) atoms. The van der Waals surface area contributed by atoms with E-state index in [9.17, 15) is 4.79 Å². The van der Waals surface area contributed by atoms with E-state index in [1.807, 2.05) is 37.4 Å². The first-order valence-corrected chi connectivity index (χ1v) is 6.09. The van der Waals surface area contributed by atoms with E-state index in [-0.39, 0.29) is 5.78 Å². The lowest BCUT2D eigenvalue weighted by molar-refractivity contribution is 0.0987. The fourth-order valence-electron chi connectivity index (χ4n) is 1.72. The van der Waals surface area contributed by atoms with E-state index in [4.69, 9.17) is 0 Å². The van der Waals surface area contributed by atoms with Gasteiger partial charge in [-0.05, 0) is 37.1 Å². The molecule has 3 nitrogen and oxygen atoms in total. The van der Waals surface area contributed by atoms with E-state index in [1.54, 1.807) is 6.07 Å². The fraction of sp³-hybridized carbons (Fsp3) is 0.267. The molecule has 0 unspecified atom stereocenters. The summed E-state index contributed by atoms with van der Waals surface area (Å²) in [6.45, 7) is 3.96. The van der Waals surface area contributed by atoms with Crippen molar-refractivity contribution < 1.29 is 4.79 Å². The van der Waals surface area contributed by atoms with E-state index in [1.165, 1.54) is 5.56 Å². The molecule has 2 heterocycles. The zero-order valence-corrected chi connectivity index (χ0v) is 10.7. The molecule has 0 radical (unpaired) electrons. The summed E-state index contributed by atoms with van der Waals surface area (Å²) >= 11 is 0. The molecule has 0 bridgehead atoms. The largest absolute Gasteiger partial charge is 0.292 e. The highest BCUT2D eigenvalue weighted by atomic mass is 16.1. The monoisotopic (exact) mass is 240 g/mol.